The summed E-state index contributed by atoms with van der Waals surface area (Å²) in [6, 6.07) is 9.19. The van der Waals surface area contributed by atoms with E-state index in [9.17, 15) is 9.59 Å². The summed E-state index contributed by atoms with van der Waals surface area (Å²) in [5.74, 6) is 1.09. The van der Waals surface area contributed by atoms with E-state index in [1.54, 1.807) is 27.8 Å². The average molecular weight is 550 g/mol. The molecule has 2 aromatic heterocycles. The fourth-order valence-corrected chi connectivity index (χ4v) is 4.91. The van der Waals surface area contributed by atoms with E-state index >= 15 is 0 Å². The summed E-state index contributed by atoms with van der Waals surface area (Å²) < 4.78 is 7.32. The van der Waals surface area contributed by atoms with Crippen LogP contribution in [-0.4, -0.2) is 56.2 Å². The minimum Gasteiger partial charge on any atom is -0.444 e. The smallest absolute Gasteiger partial charge is 0.410 e. The standard InChI is InChI=1S/C28H32ClN7O3/c1-17-11-18(26(37)32-17)12-19-15-31-36-24(14-23(34-25(19)36)33-21-8-5-7-20(29)13-21)30-16-22-9-6-10-35(22)27(38)39-28(2,3)4/h5,7-8,12-15,22,30H,1,6,9-11,16H2,2-4H3,(H,32,37)(H,33,34)/b18-12+. The number of aromatic nitrogens is 3. The van der Waals surface area contributed by atoms with E-state index in [0.717, 1.165) is 18.5 Å². The molecule has 2 aliphatic heterocycles. The number of likely N-dealkylation sites (tertiary alicyclic amines) is 1. The maximum absolute atomic E-state index is 12.8. The summed E-state index contributed by atoms with van der Waals surface area (Å²) in [6.45, 7) is 10.6. The predicted molar refractivity (Wildman–Crippen MR) is 152 cm³/mol. The maximum atomic E-state index is 12.8. The van der Waals surface area contributed by atoms with Crippen LogP contribution < -0.4 is 16.0 Å². The van der Waals surface area contributed by atoms with Crippen molar-refractivity contribution < 1.29 is 14.3 Å². The van der Waals surface area contributed by atoms with Gasteiger partial charge in [0.1, 0.15) is 17.2 Å². The van der Waals surface area contributed by atoms with E-state index in [1.165, 1.54) is 0 Å². The molecule has 39 heavy (non-hydrogen) atoms. The summed E-state index contributed by atoms with van der Waals surface area (Å²) in [4.78, 5) is 31.7. The van der Waals surface area contributed by atoms with Crippen LogP contribution in [0.3, 0.4) is 0 Å². The number of rotatable bonds is 6. The molecule has 2 amide bonds. The van der Waals surface area contributed by atoms with Crippen LogP contribution in [0.15, 0.2) is 54.4 Å². The maximum Gasteiger partial charge on any atom is 0.410 e. The molecule has 1 aromatic carbocycles. The third kappa shape index (κ3) is 6.17. The molecule has 204 valence electrons. The van der Waals surface area contributed by atoms with Crippen molar-refractivity contribution in [2.45, 2.75) is 51.7 Å². The first-order valence-corrected chi connectivity index (χ1v) is 13.3. The number of anilines is 3. The third-order valence-corrected chi connectivity index (χ3v) is 6.67. The van der Waals surface area contributed by atoms with Gasteiger partial charge in [0, 0.05) is 53.1 Å². The highest BCUT2D eigenvalue weighted by atomic mass is 35.5. The molecule has 2 saturated heterocycles. The zero-order chi connectivity index (χ0) is 27.7. The number of fused-ring (bicyclic) bond motifs is 1. The van der Waals surface area contributed by atoms with E-state index in [2.05, 4.69) is 27.6 Å². The molecule has 3 aromatic rings. The number of benzene rings is 1. The van der Waals surface area contributed by atoms with Crippen molar-refractivity contribution in [3.8, 4) is 0 Å². The van der Waals surface area contributed by atoms with E-state index in [0.29, 0.717) is 58.6 Å². The number of ether oxygens (including phenoxy) is 1. The van der Waals surface area contributed by atoms with Crippen LogP contribution in [0.1, 0.15) is 45.6 Å². The molecule has 10 nitrogen and oxygen atoms in total. The van der Waals surface area contributed by atoms with E-state index in [4.69, 9.17) is 21.3 Å². The molecule has 1 atom stereocenters. The number of allylic oxidation sites excluding steroid dienone is 1. The molecule has 4 heterocycles. The Morgan fingerprint density at radius 1 is 1.33 bits per heavy atom. The number of carbonyl (C=O) groups excluding carboxylic acids is 2. The second-order valence-corrected chi connectivity index (χ2v) is 11.2. The molecular formula is C28H32ClN7O3. The van der Waals surface area contributed by atoms with Gasteiger partial charge in [0.2, 0.25) is 0 Å². The Balaban J connectivity index is 1.45. The van der Waals surface area contributed by atoms with Crippen LogP contribution in [0.2, 0.25) is 5.02 Å². The average Bonchev–Trinajstić information content (AvgIpc) is 3.56. The zero-order valence-corrected chi connectivity index (χ0v) is 23.0. The quantitative estimate of drug-likeness (QED) is 0.355. The second kappa shape index (κ2) is 10.6. The van der Waals surface area contributed by atoms with Gasteiger partial charge in [0.15, 0.2) is 5.65 Å². The second-order valence-electron chi connectivity index (χ2n) is 10.8. The van der Waals surface area contributed by atoms with Gasteiger partial charge in [0.25, 0.3) is 5.91 Å². The first-order valence-electron chi connectivity index (χ1n) is 12.9. The van der Waals surface area contributed by atoms with Crippen molar-refractivity contribution in [2.75, 3.05) is 23.7 Å². The highest BCUT2D eigenvalue weighted by Gasteiger charge is 2.32. The molecule has 11 heteroatoms. The van der Waals surface area contributed by atoms with E-state index < -0.39 is 5.60 Å². The van der Waals surface area contributed by atoms with Crippen LogP contribution in [0.25, 0.3) is 11.7 Å². The Bertz CT molecular complexity index is 1470. The predicted octanol–water partition coefficient (Wildman–Crippen LogP) is 5.35. The van der Waals surface area contributed by atoms with Gasteiger partial charge >= 0.3 is 6.09 Å². The summed E-state index contributed by atoms with van der Waals surface area (Å²) in [5, 5.41) is 14.7. The Labute approximate surface area is 232 Å². The van der Waals surface area contributed by atoms with Gasteiger partial charge in [-0.2, -0.15) is 9.61 Å². The molecule has 0 aliphatic carbocycles. The molecule has 0 spiro atoms. The van der Waals surface area contributed by atoms with Gasteiger partial charge in [-0.3, -0.25) is 4.79 Å². The van der Waals surface area contributed by atoms with Crippen molar-refractivity contribution in [2.24, 2.45) is 0 Å². The van der Waals surface area contributed by atoms with Crippen LogP contribution in [-0.2, 0) is 9.53 Å². The molecule has 0 saturated carbocycles. The number of hydrogen-bond donors (Lipinski definition) is 3. The summed E-state index contributed by atoms with van der Waals surface area (Å²) in [5.41, 5.74) is 2.74. The Kier molecular flexibility index (Phi) is 7.22. The Morgan fingerprint density at radius 2 is 2.15 bits per heavy atom. The lowest BCUT2D eigenvalue weighted by atomic mass is 10.1. The molecule has 2 aliphatic rings. The van der Waals surface area contributed by atoms with Gasteiger partial charge in [0.05, 0.1) is 12.2 Å². The first-order chi connectivity index (χ1) is 18.6. The van der Waals surface area contributed by atoms with E-state index in [-0.39, 0.29) is 18.0 Å². The Hall–Kier alpha value is -4.05. The van der Waals surface area contributed by atoms with Crippen LogP contribution in [0, 0.1) is 0 Å². The first kappa shape index (κ1) is 26.6. The largest absolute Gasteiger partial charge is 0.444 e. The van der Waals surface area contributed by atoms with Crippen molar-refractivity contribution in [1.29, 1.82) is 0 Å². The molecule has 5 rings (SSSR count). The highest BCUT2D eigenvalue weighted by Crippen LogP contribution is 2.27. The SMILES string of the molecule is C=C1C/C(=C\c2cnn3c(NCC4CCCN4C(=O)OC(C)(C)C)cc(Nc4cccc(Cl)c4)nc23)C(=O)N1. The van der Waals surface area contributed by atoms with Gasteiger partial charge in [-0.15, -0.1) is 0 Å². The zero-order valence-electron chi connectivity index (χ0n) is 22.3. The molecule has 0 bridgehead atoms. The van der Waals surface area contributed by atoms with Crippen molar-refractivity contribution in [3.05, 3.63) is 65.0 Å². The van der Waals surface area contributed by atoms with Crippen LogP contribution in [0.5, 0.6) is 0 Å². The Morgan fingerprint density at radius 3 is 2.87 bits per heavy atom. The van der Waals surface area contributed by atoms with E-state index in [1.807, 2.05) is 45.0 Å². The van der Waals surface area contributed by atoms with Gasteiger partial charge in [-0.25, -0.2) is 9.78 Å². The number of halogens is 1. The number of hydrogen-bond acceptors (Lipinski definition) is 7. The lowest BCUT2D eigenvalue weighted by Crippen LogP contribution is -2.42. The van der Waals surface area contributed by atoms with Gasteiger partial charge in [-0.1, -0.05) is 24.2 Å². The minimum absolute atomic E-state index is 0.0299. The van der Waals surface area contributed by atoms with Gasteiger partial charge in [-0.05, 0) is 57.9 Å². The molecular weight excluding hydrogens is 518 g/mol. The molecule has 1 unspecified atom stereocenters. The third-order valence-electron chi connectivity index (χ3n) is 6.44. The molecule has 0 radical (unpaired) electrons. The fraction of sp³-hybridized carbons (Fsp3) is 0.357. The monoisotopic (exact) mass is 549 g/mol. The fourth-order valence-electron chi connectivity index (χ4n) is 4.72. The lowest BCUT2D eigenvalue weighted by molar-refractivity contribution is -0.115. The molecule has 3 N–H and O–H groups in total. The number of carbonyl (C=O) groups is 2. The number of nitrogens with one attached hydrogen (secondary N) is 3. The lowest BCUT2D eigenvalue weighted by Gasteiger charge is -2.29. The van der Waals surface area contributed by atoms with Crippen molar-refractivity contribution in [1.82, 2.24) is 24.8 Å². The van der Waals surface area contributed by atoms with Crippen LogP contribution >= 0.6 is 11.6 Å². The number of amides is 2. The summed E-state index contributed by atoms with van der Waals surface area (Å²) in [7, 11) is 0. The topological polar surface area (TPSA) is 113 Å². The molecule has 2 fully saturated rings. The minimum atomic E-state index is -0.557. The summed E-state index contributed by atoms with van der Waals surface area (Å²) in [6.07, 6.45) is 5.39. The summed E-state index contributed by atoms with van der Waals surface area (Å²) >= 11 is 6.19. The van der Waals surface area contributed by atoms with Crippen molar-refractivity contribution in [3.63, 3.8) is 0 Å². The van der Waals surface area contributed by atoms with Crippen LogP contribution in [0.4, 0.5) is 22.1 Å². The van der Waals surface area contributed by atoms with Crippen molar-refractivity contribution >= 4 is 52.6 Å². The van der Waals surface area contributed by atoms with Gasteiger partial charge < -0.3 is 25.6 Å². The number of nitrogens with zero attached hydrogens (tertiary/aromatic N) is 4. The highest BCUT2D eigenvalue weighted by molar-refractivity contribution is 6.30. The normalized spacial score (nSPS) is 18.6.